The van der Waals surface area contributed by atoms with Crippen molar-refractivity contribution in [1.29, 1.82) is 0 Å². The molecule has 0 bridgehead atoms. The number of rotatable bonds is 2. The van der Waals surface area contributed by atoms with E-state index < -0.39 is 5.97 Å². The van der Waals surface area contributed by atoms with Crippen LogP contribution in [0.5, 0.6) is 0 Å². The van der Waals surface area contributed by atoms with Gasteiger partial charge in [0, 0.05) is 6.08 Å². The lowest BCUT2D eigenvalue weighted by Crippen LogP contribution is -1.87. The topological polar surface area (TPSA) is 37.3 Å². The summed E-state index contributed by atoms with van der Waals surface area (Å²) >= 11 is 6.14. The molecule has 0 aromatic heterocycles. The van der Waals surface area contributed by atoms with Gasteiger partial charge >= 0.3 is 5.97 Å². The predicted molar refractivity (Wildman–Crippen MR) is 38.4 cm³/mol. The number of allylic oxidation sites excluding steroid dienone is 1. The van der Waals surface area contributed by atoms with E-state index >= 15 is 0 Å². The third-order valence-electron chi connectivity index (χ3n) is 0.384. The molecule has 0 unspecified atom stereocenters. The third kappa shape index (κ3) is 6.17. The van der Waals surface area contributed by atoms with E-state index in [1.807, 2.05) is 0 Å². The van der Waals surface area contributed by atoms with Crippen LogP contribution >= 0.6 is 31.9 Å². The van der Waals surface area contributed by atoms with Crippen LogP contribution in [0.25, 0.3) is 0 Å². The molecule has 2 nitrogen and oxygen atoms in total. The minimum atomic E-state index is -0.936. The van der Waals surface area contributed by atoms with Gasteiger partial charge in [0.2, 0.25) is 0 Å². The molecule has 0 aliphatic heterocycles. The van der Waals surface area contributed by atoms with Crippen LogP contribution in [0.15, 0.2) is 12.2 Å². The van der Waals surface area contributed by atoms with E-state index in [1.54, 1.807) is 0 Å². The smallest absolute Gasteiger partial charge is 0.328 e. The molecular weight excluding hydrogens is 240 g/mol. The SMILES string of the molecule is O=C(O)/C=C/C(Br)Br. The first-order valence-electron chi connectivity index (χ1n) is 1.82. The van der Waals surface area contributed by atoms with Gasteiger partial charge in [0.25, 0.3) is 0 Å². The Balaban J connectivity index is 3.50. The first kappa shape index (κ1) is 8.17. The highest BCUT2D eigenvalue weighted by Gasteiger charge is 1.89. The van der Waals surface area contributed by atoms with E-state index in [2.05, 4.69) is 31.9 Å². The maximum Gasteiger partial charge on any atom is 0.328 e. The Bertz CT molecular complexity index is 109. The molecule has 1 N–H and O–H groups in total. The number of hydrogen-bond donors (Lipinski definition) is 1. The predicted octanol–water partition coefficient (Wildman–Crippen LogP) is 1.74. The number of carbonyl (C=O) groups is 1. The summed E-state index contributed by atoms with van der Waals surface area (Å²) in [6.07, 6.45) is 2.54. The van der Waals surface area contributed by atoms with E-state index in [0.29, 0.717) is 0 Å². The van der Waals surface area contributed by atoms with Crippen molar-refractivity contribution in [3.05, 3.63) is 12.2 Å². The van der Waals surface area contributed by atoms with Crippen molar-refractivity contribution in [3.63, 3.8) is 0 Å². The van der Waals surface area contributed by atoms with Crippen molar-refractivity contribution in [2.24, 2.45) is 0 Å². The number of hydrogen-bond acceptors (Lipinski definition) is 1. The summed E-state index contributed by atoms with van der Waals surface area (Å²) in [5.41, 5.74) is 0. The fraction of sp³-hybridized carbons (Fsp3) is 0.250. The number of carboxylic acids is 1. The van der Waals surface area contributed by atoms with Gasteiger partial charge in [-0.05, 0) is 0 Å². The van der Waals surface area contributed by atoms with Gasteiger partial charge in [-0.25, -0.2) is 4.79 Å². The first-order chi connectivity index (χ1) is 3.63. The van der Waals surface area contributed by atoms with Gasteiger partial charge in [0.1, 0.15) is 0 Å². The molecule has 46 valence electrons. The summed E-state index contributed by atoms with van der Waals surface area (Å²) in [5.74, 6) is -0.936. The van der Waals surface area contributed by atoms with Gasteiger partial charge in [0.15, 0.2) is 0 Å². The first-order valence-corrected chi connectivity index (χ1v) is 3.65. The van der Waals surface area contributed by atoms with E-state index in [-0.39, 0.29) is 3.74 Å². The highest BCUT2D eigenvalue weighted by atomic mass is 79.9. The molecule has 0 heterocycles. The molecule has 8 heavy (non-hydrogen) atoms. The standard InChI is InChI=1S/C4H4Br2O2/c5-3(6)1-2-4(7)8/h1-3H,(H,7,8)/b2-1+. The molecule has 0 aromatic rings. The van der Waals surface area contributed by atoms with Crippen LogP contribution in [-0.4, -0.2) is 14.8 Å². The van der Waals surface area contributed by atoms with Crippen molar-refractivity contribution >= 4 is 37.8 Å². The van der Waals surface area contributed by atoms with Crippen molar-refractivity contribution in [2.75, 3.05) is 0 Å². The molecule has 0 rings (SSSR count). The Kier molecular flexibility index (Phi) is 4.18. The molecule has 0 aromatic carbocycles. The van der Waals surface area contributed by atoms with E-state index in [9.17, 15) is 4.79 Å². The molecule has 0 atom stereocenters. The number of alkyl halides is 2. The Hall–Kier alpha value is 0.170. The molecular formula is C4H4Br2O2. The van der Waals surface area contributed by atoms with Crippen LogP contribution < -0.4 is 0 Å². The molecule has 0 saturated heterocycles. The van der Waals surface area contributed by atoms with E-state index in [1.165, 1.54) is 6.08 Å². The van der Waals surface area contributed by atoms with Gasteiger partial charge in [-0.1, -0.05) is 37.9 Å². The van der Waals surface area contributed by atoms with Gasteiger partial charge < -0.3 is 5.11 Å². The minimum absolute atomic E-state index is 0.0499. The second-order valence-electron chi connectivity index (χ2n) is 1.03. The average molecular weight is 244 g/mol. The van der Waals surface area contributed by atoms with Gasteiger partial charge in [-0.15, -0.1) is 0 Å². The Morgan fingerprint density at radius 2 is 2.12 bits per heavy atom. The molecule has 0 spiro atoms. The van der Waals surface area contributed by atoms with Gasteiger partial charge in [0.05, 0.1) is 3.74 Å². The molecule has 0 aliphatic carbocycles. The highest BCUT2D eigenvalue weighted by molar-refractivity contribution is 9.24. The zero-order valence-electron chi connectivity index (χ0n) is 3.84. The maximum atomic E-state index is 9.78. The molecule has 0 fully saturated rings. The van der Waals surface area contributed by atoms with Crippen LogP contribution in [0, 0.1) is 0 Å². The summed E-state index contributed by atoms with van der Waals surface area (Å²) in [4.78, 5) is 9.78. The summed E-state index contributed by atoms with van der Waals surface area (Å²) in [6, 6.07) is 0. The van der Waals surface area contributed by atoms with Crippen molar-refractivity contribution in [3.8, 4) is 0 Å². The average Bonchev–Trinajstić information content (AvgIpc) is 1.61. The molecule has 0 aliphatic rings. The Morgan fingerprint density at radius 3 is 2.25 bits per heavy atom. The number of halogens is 2. The molecule has 0 amide bonds. The van der Waals surface area contributed by atoms with Crippen molar-refractivity contribution < 1.29 is 9.90 Å². The zero-order chi connectivity index (χ0) is 6.57. The Labute approximate surface area is 63.8 Å². The van der Waals surface area contributed by atoms with Crippen LogP contribution in [-0.2, 0) is 4.79 Å². The zero-order valence-corrected chi connectivity index (χ0v) is 7.02. The lowest BCUT2D eigenvalue weighted by atomic mass is 10.5. The van der Waals surface area contributed by atoms with Crippen molar-refractivity contribution in [2.45, 2.75) is 3.74 Å². The molecule has 0 saturated carbocycles. The second kappa shape index (κ2) is 4.09. The van der Waals surface area contributed by atoms with Crippen LogP contribution in [0.4, 0.5) is 0 Å². The van der Waals surface area contributed by atoms with Crippen LogP contribution in [0.2, 0.25) is 0 Å². The number of carboxylic acid groups (broad SMARTS) is 1. The van der Waals surface area contributed by atoms with E-state index in [0.717, 1.165) is 6.08 Å². The fourth-order valence-corrected chi connectivity index (χ4v) is 0.460. The van der Waals surface area contributed by atoms with E-state index in [4.69, 9.17) is 5.11 Å². The third-order valence-corrected chi connectivity index (χ3v) is 0.995. The quantitative estimate of drug-likeness (QED) is 0.593. The summed E-state index contributed by atoms with van der Waals surface area (Å²) in [7, 11) is 0. The van der Waals surface area contributed by atoms with Gasteiger partial charge in [-0.2, -0.15) is 0 Å². The fourth-order valence-electron chi connectivity index (χ4n) is 0.155. The monoisotopic (exact) mass is 242 g/mol. The van der Waals surface area contributed by atoms with Gasteiger partial charge in [-0.3, -0.25) is 0 Å². The van der Waals surface area contributed by atoms with Crippen molar-refractivity contribution in [1.82, 2.24) is 0 Å². The normalized spacial score (nSPS) is 10.9. The summed E-state index contributed by atoms with van der Waals surface area (Å²) in [5, 5.41) is 8.03. The summed E-state index contributed by atoms with van der Waals surface area (Å²) in [6.45, 7) is 0. The molecule has 4 heteroatoms. The lowest BCUT2D eigenvalue weighted by Gasteiger charge is -1.84. The largest absolute Gasteiger partial charge is 0.478 e. The molecule has 0 radical (unpaired) electrons. The second-order valence-corrected chi connectivity index (χ2v) is 4.23. The summed E-state index contributed by atoms with van der Waals surface area (Å²) < 4.78 is -0.0499. The van der Waals surface area contributed by atoms with Crippen LogP contribution in [0.1, 0.15) is 0 Å². The number of aliphatic carboxylic acids is 1. The minimum Gasteiger partial charge on any atom is -0.478 e. The highest BCUT2D eigenvalue weighted by Crippen LogP contribution is 2.08. The van der Waals surface area contributed by atoms with Crippen LogP contribution in [0.3, 0.4) is 0 Å². The Morgan fingerprint density at radius 1 is 1.62 bits per heavy atom. The maximum absolute atomic E-state index is 9.78. The lowest BCUT2D eigenvalue weighted by molar-refractivity contribution is -0.131.